The zero-order valence-electron chi connectivity index (χ0n) is 11.8. The molecule has 7 heteroatoms. The first-order valence-corrected chi connectivity index (χ1v) is 7.14. The number of nitro benzene ring substituents is 1. The SMILES string of the molecule is O=C1C(=Cc2ccccc2[N+](=O)[O-])NC(=S)N1c1ccccc1. The number of thiocarbonyl (C=S) groups is 1. The van der Waals surface area contributed by atoms with Crippen LogP contribution in [0.5, 0.6) is 0 Å². The van der Waals surface area contributed by atoms with Gasteiger partial charge in [-0.15, -0.1) is 0 Å². The standard InChI is InChI=1S/C16H11N3O3S/c20-15-13(10-11-6-4-5-9-14(11)19(21)22)17-16(23)18(15)12-7-2-1-3-8-12/h1-10H,(H,17,23). The zero-order chi connectivity index (χ0) is 16.4. The fourth-order valence-electron chi connectivity index (χ4n) is 2.28. The maximum absolute atomic E-state index is 12.5. The largest absolute Gasteiger partial charge is 0.327 e. The number of amides is 1. The summed E-state index contributed by atoms with van der Waals surface area (Å²) in [6, 6.07) is 15.2. The van der Waals surface area contributed by atoms with E-state index in [9.17, 15) is 14.9 Å². The molecular weight excluding hydrogens is 314 g/mol. The van der Waals surface area contributed by atoms with E-state index in [1.807, 2.05) is 6.07 Å². The normalized spacial score (nSPS) is 15.8. The van der Waals surface area contributed by atoms with Gasteiger partial charge >= 0.3 is 0 Å². The van der Waals surface area contributed by atoms with Crippen LogP contribution >= 0.6 is 12.2 Å². The van der Waals surface area contributed by atoms with Crippen LogP contribution in [0.25, 0.3) is 6.08 Å². The summed E-state index contributed by atoms with van der Waals surface area (Å²) >= 11 is 5.20. The van der Waals surface area contributed by atoms with Crippen LogP contribution in [0.1, 0.15) is 5.56 Å². The molecular formula is C16H11N3O3S. The first kappa shape index (κ1) is 14.9. The zero-order valence-corrected chi connectivity index (χ0v) is 12.6. The number of benzene rings is 2. The van der Waals surface area contributed by atoms with Crippen molar-refractivity contribution in [1.82, 2.24) is 5.32 Å². The Morgan fingerprint density at radius 1 is 1.09 bits per heavy atom. The molecule has 2 aromatic carbocycles. The Bertz CT molecular complexity index is 833. The second-order valence-electron chi connectivity index (χ2n) is 4.78. The van der Waals surface area contributed by atoms with Crippen LogP contribution in [0, 0.1) is 10.1 Å². The van der Waals surface area contributed by atoms with E-state index in [0.29, 0.717) is 11.3 Å². The minimum absolute atomic E-state index is 0.0707. The van der Waals surface area contributed by atoms with E-state index in [2.05, 4.69) is 5.32 Å². The number of nitrogens with one attached hydrogen (secondary N) is 1. The average Bonchev–Trinajstić information content (AvgIpc) is 2.82. The molecule has 1 aliphatic heterocycles. The van der Waals surface area contributed by atoms with Crippen molar-refractivity contribution in [2.45, 2.75) is 0 Å². The van der Waals surface area contributed by atoms with Gasteiger partial charge in [0.05, 0.1) is 16.2 Å². The summed E-state index contributed by atoms with van der Waals surface area (Å²) in [7, 11) is 0. The molecule has 3 rings (SSSR count). The van der Waals surface area contributed by atoms with Gasteiger partial charge in [0.15, 0.2) is 5.11 Å². The maximum atomic E-state index is 12.5. The Hall–Kier alpha value is -3.06. The van der Waals surface area contributed by atoms with Crippen molar-refractivity contribution < 1.29 is 9.72 Å². The smallest absolute Gasteiger partial charge is 0.281 e. The second kappa shape index (κ2) is 5.98. The molecule has 1 aliphatic rings. The minimum atomic E-state index is -0.487. The lowest BCUT2D eigenvalue weighted by molar-refractivity contribution is -0.385. The van der Waals surface area contributed by atoms with Gasteiger partial charge in [-0.2, -0.15) is 0 Å². The summed E-state index contributed by atoms with van der Waals surface area (Å²) in [5.41, 5.74) is 1.11. The summed E-state index contributed by atoms with van der Waals surface area (Å²) in [6.07, 6.45) is 1.44. The molecule has 1 amide bonds. The molecule has 0 radical (unpaired) electrons. The van der Waals surface area contributed by atoms with Crippen molar-refractivity contribution in [3.05, 3.63) is 76.0 Å². The maximum Gasteiger partial charge on any atom is 0.281 e. The highest BCUT2D eigenvalue weighted by Gasteiger charge is 2.32. The third-order valence-electron chi connectivity index (χ3n) is 3.33. The molecule has 0 aliphatic carbocycles. The van der Waals surface area contributed by atoms with Crippen LogP contribution in [0.3, 0.4) is 0 Å². The molecule has 0 bridgehead atoms. The van der Waals surface area contributed by atoms with E-state index in [4.69, 9.17) is 12.2 Å². The van der Waals surface area contributed by atoms with Gasteiger partial charge in [-0.1, -0.05) is 30.3 Å². The predicted octanol–water partition coefficient (Wildman–Crippen LogP) is 2.86. The van der Waals surface area contributed by atoms with Crippen molar-refractivity contribution in [3.8, 4) is 0 Å². The summed E-state index contributed by atoms with van der Waals surface area (Å²) in [5, 5.41) is 14.1. The lowest BCUT2D eigenvalue weighted by Crippen LogP contribution is -2.30. The third kappa shape index (κ3) is 2.82. The van der Waals surface area contributed by atoms with Crippen molar-refractivity contribution in [1.29, 1.82) is 0 Å². The van der Waals surface area contributed by atoms with E-state index in [1.54, 1.807) is 42.5 Å². The summed E-state index contributed by atoms with van der Waals surface area (Å²) in [6.45, 7) is 0. The van der Waals surface area contributed by atoms with E-state index in [0.717, 1.165) is 0 Å². The highest BCUT2D eigenvalue weighted by molar-refractivity contribution is 7.80. The second-order valence-corrected chi connectivity index (χ2v) is 5.17. The fourth-order valence-corrected chi connectivity index (χ4v) is 2.58. The van der Waals surface area contributed by atoms with Crippen LogP contribution in [-0.4, -0.2) is 15.9 Å². The Morgan fingerprint density at radius 3 is 2.43 bits per heavy atom. The Morgan fingerprint density at radius 2 is 1.74 bits per heavy atom. The number of anilines is 1. The van der Waals surface area contributed by atoms with Crippen molar-refractivity contribution in [2.24, 2.45) is 0 Å². The first-order chi connectivity index (χ1) is 11.1. The Kier molecular flexibility index (Phi) is 3.86. The number of hydrogen-bond donors (Lipinski definition) is 1. The van der Waals surface area contributed by atoms with Crippen LogP contribution in [0.4, 0.5) is 11.4 Å². The van der Waals surface area contributed by atoms with Gasteiger partial charge in [0.2, 0.25) is 0 Å². The molecule has 1 fully saturated rings. The summed E-state index contributed by atoms with van der Waals surface area (Å²) in [4.78, 5) is 24.5. The highest BCUT2D eigenvalue weighted by atomic mass is 32.1. The molecule has 1 heterocycles. The number of carbonyl (C=O) groups excluding carboxylic acids is 1. The quantitative estimate of drug-likeness (QED) is 0.406. The van der Waals surface area contributed by atoms with Crippen molar-refractivity contribution in [2.75, 3.05) is 4.90 Å². The Balaban J connectivity index is 1.99. The molecule has 0 unspecified atom stereocenters. The van der Waals surface area contributed by atoms with Gasteiger partial charge in [-0.3, -0.25) is 19.8 Å². The van der Waals surface area contributed by atoms with Crippen molar-refractivity contribution >= 4 is 40.7 Å². The van der Waals surface area contributed by atoms with Gasteiger partial charge in [-0.25, -0.2) is 0 Å². The minimum Gasteiger partial charge on any atom is -0.327 e. The molecule has 23 heavy (non-hydrogen) atoms. The topological polar surface area (TPSA) is 75.5 Å². The molecule has 0 atom stereocenters. The number of nitrogens with zero attached hydrogens (tertiary/aromatic N) is 2. The van der Waals surface area contributed by atoms with Gasteiger partial charge in [0.25, 0.3) is 11.6 Å². The molecule has 1 N–H and O–H groups in total. The molecule has 0 saturated carbocycles. The predicted molar refractivity (Wildman–Crippen MR) is 90.7 cm³/mol. The average molecular weight is 325 g/mol. The van der Waals surface area contributed by atoms with Crippen molar-refractivity contribution in [3.63, 3.8) is 0 Å². The van der Waals surface area contributed by atoms with Gasteiger partial charge in [0, 0.05) is 6.07 Å². The van der Waals surface area contributed by atoms with E-state index in [-0.39, 0.29) is 22.4 Å². The lowest BCUT2D eigenvalue weighted by atomic mass is 10.1. The van der Waals surface area contributed by atoms with Crippen LogP contribution in [-0.2, 0) is 4.79 Å². The molecule has 2 aromatic rings. The number of hydrogen-bond acceptors (Lipinski definition) is 4. The molecule has 114 valence electrons. The van der Waals surface area contributed by atoms with Crippen LogP contribution in [0.15, 0.2) is 60.3 Å². The summed E-state index contributed by atoms with van der Waals surface area (Å²) in [5.74, 6) is -0.348. The van der Waals surface area contributed by atoms with Gasteiger partial charge in [0.1, 0.15) is 5.70 Å². The van der Waals surface area contributed by atoms with Gasteiger partial charge in [-0.05, 0) is 36.5 Å². The van der Waals surface area contributed by atoms with E-state index >= 15 is 0 Å². The number of nitro groups is 1. The monoisotopic (exact) mass is 325 g/mol. The number of para-hydroxylation sites is 2. The number of carbonyl (C=O) groups is 1. The molecule has 0 aromatic heterocycles. The molecule has 6 nitrogen and oxygen atoms in total. The summed E-state index contributed by atoms with van der Waals surface area (Å²) < 4.78 is 0. The number of rotatable bonds is 3. The fraction of sp³-hybridized carbons (Fsp3) is 0. The lowest BCUT2D eigenvalue weighted by Gasteiger charge is -2.13. The van der Waals surface area contributed by atoms with Crippen LogP contribution in [0.2, 0.25) is 0 Å². The Labute approximate surface area is 137 Å². The van der Waals surface area contributed by atoms with E-state index < -0.39 is 4.92 Å². The van der Waals surface area contributed by atoms with Gasteiger partial charge < -0.3 is 5.32 Å². The van der Waals surface area contributed by atoms with Crippen LogP contribution < -0.4 is 10.2 Å². The molecule has 1 saturated heterocycles. The molecule has 0 spiro atoms. The highest BCUT2D eigenvalue weighted by Crippen LogP contribution is 2.25. The van der Waals surface area contributed by atoms with E-state index in [1.165, 1.54) is 17.0 Å². The third-order valence-corrected chi connectivity index (χ3v) is 3.61. The first-order valence-electron chi connectivity index (χ1n) is 6.73.